The van der Waals surface area contributed by atoms with Crippen LogP contribution >= 0.6 is 11.6 Å². The quantitative estimate of drug-likeness (QED) is 0.737. The zero-order valence-corrected chi connectivity index (χ0v) is 13.8. The molecule has 0 fully saturated rings. The van der Waals surface area contributed by atoms with Crippen molar-refractivity contribution in [2.75, 3.05) is 23.8 Å². The molecule has 0 unspecified atom stereocenters. The maximum Gasteiger partial charge on any atom is 0.249 e. The van der Waals surface area contributed by atoms with Crippen LogP contribution in [-0.4, -0.2) is 28.4 Å². The molecule has 2 heterocycles. The zero-order valence-electron chi connectivity index (χ0n) is 13.1. The molecule has 2 N–H and O–H groups in total. The Morgan fingerprint density at radius 3 is 2.64 bits per heavy atom. The Balaban J connectivity index is 1.51. The van der Waals surface area contributed by atoms with Gasteiger partial charge in [0.15, 0.2) is 17.3 Å². The van der Waals surface area contributed by atoms with Crippen LogP contribution in [0.2, 0.25) is 5.02 Å². The van der Waals surface area contributed by atoms with Gasteiger partial charge in [-0.25, -0.2) is 0 Å². The molecular formula is C17H14ClN5O2. The summed E-state index contributed by atoms with van der Waals surface area (Å²) in [6.07, 6.45) is 1.54. The second kappa shape index (κ2) is 6.82. The summed E-state index contributed by atoms with van der Waals surface area (Å²) in [6, 6.07) is 12.9. The number of halogens is 1. The van der Waals surface area contributed by atoms with E-state index >= 15 is 0 Å². The van der Waals surface area contributed by atoms with Crippen LogP contribution in [0.25, 0.3) is 0 Å². The number of rotatable bonds is 4. The molecule has 126 valence electrons. The number of nitrogens with one attached hydrogen (secondary N) is 2. The molecule has 2 aromatic carbocycles. The molecule has 0 spiro atoms. The van der Waals surface area contributed by atoms with Gasteiger partial charge in [0.05, 0.1) is 6.20 Å². The van der Waals surface area contributed by atoms with Gasteiger partial charge in [0.25, 0.3) is 0 Å². The fourth-order valence-electron chi connectivity index (χ4n) is 2.38. The molecule has 1 aromatic heterocycles. The van der Waals surface area contributed by atoms with Gasteiger partial charge < -0.3 is 20.1 Å². The number of hydrogen-bond donors (Lipinski definition) is 2. The molecule has 0 saturated heterocycles. The molecule has 0 aliphatic carbocycles. The monoisotopic (exact) mass is 355 g/mol. The Labute approximate surface area is 149 Å². The van der Waals surface area contributed by atoms with Crippen LogP contribution in [0.3, 0.4) is 0 Å². The van der Waals surface area contributed by atoms with E-state index in [9.17, 15) is 0 Å². The molecule has 0 radical (unpaired) electrons. The molecule has 25 heavy (non-hydrogen) atoms. The topological polar surface area (TPSA) is 81.2 Å². The van der Waals surface area contributed by atoms with E-state index in [0.717, 1.165) is 17.1 Å². The largest absolute Gasteiger partial charge is 0.486 e. The van der Waals surface area contributed by atoms with Gasteiger partial charge in [-0.1, -0.05) is 17.7 Å². The molecule has 0 atom stereocenters. The van der Waals surface area contributed by atoms with Crippen LogP contribution < -0.4 is 20.1 Å². The predicted octanol–water partition coefficient (Wildman–Crippen LogP) is 3.78. The Morgan fingerprint density at radius 1 is 0.920 bits per heavy atom. The van der Waals surface area contributed by atoms with Gasteiger partial charge in [-0.2, -0.15) is 10.1 Å². The first kappa shape index (κ1) is 15.5. The van der Waals surface area contributed by atoms with E-state index in [-0.39, 0.29) is 0 Å². The third kappa shape index (κ3) is 3.72. The van der Waals surface area contributed by atoms with Crippen molar-refractivity contribution in [2.45, 2.75) is 0 Å². The van der Waals surface area contributed by atoms with Gasteiger partial charge in [0.1, 0.15) is 13.2 Å². The first-order chi connectivity index (χ1) is 12.3. The molecular weight excluding hydrogens is 342 g/mol. The van der Waals surface area contributed by atoms with Gasteiger partial charge in [0, 0.05) is 22.5 Å². The molecule has 3 aromatic rings. The smallest absolute Gasteiger partial charge is 0.249 e. The first-order valence-corrected chi connectivity index (χ1v) is 8.03. The van der Waals surface area contributed by atoms with Crippen LogP contribution in [0.4, 0.5) is 23.1 Å². The summed E-state index contributed by atoms with van der Waals surface area (Å²) in [5.41, 5.74) is 1.60. The predicted molar refractivity (Wildman–Crippen MR) is 95.3 cm³/mol. The number of fused-ring (bicyclic) bond motifs is 1. The summed E-state index contributed by atoms with van der Waals surface area (Å²) in [5, 5.41) is 14.8. The Kier molecular flexibility index (Phi) is 4.22. The van der Waals surface area contributed by atoms with E-state index in [1.807, 2.05) is 30.3 Å². The summed E-state index contributed by atoms with van der Waals surface area (Å²) >= 11 is 5.98. The van der Waals surface area contributed by atoms with Crippen LogP contribution in [0.1, 0.15) is 0 Å². The van der Waals surface area contributed by atoms with Crippen molar-refractivity contribution in [2.24, 2.45) is 0 Å². The van der Waals surface area contributed by atoms with Crippen molar-refractivity contribution in [1.29, 1.82) is 0 Å². The van der Waals surface area contributed by atoms with Gasteiger partial charge in [-0.15, -0.1) is 5.10 Å². The van der Waals surface area contributed by atoms with Gasteiger partial charge in [-0.3, -0.25) is 0 Å². The highest BCUT2D eigenvalue weighted by molar-refractivity contribution is 6.30. The Morgan fingerprint density at radius 2 is 1.76 bits per heavy atom. The van der Waals surface area contributed by atoms with Crippen molar-refractivity contribution in [3.63, 3.8) is 0 Å². The second-order valence-electron chi connectivity index (χ2n) is 5.28. The normalized spacial score (nSPS) is 12.5. The van der Waals surface area contributed by atoms with E-state index in [0.29, 0.717) is 35.8 Å². The van der Waals surface area contributed by atoms with Crippen molar-refractivity contribution >= 4 is 34.7 Å². The van der Waals surface area contributed by atoms with Crippen molar-refractivity contribution in [3.05, 3.63) is 53.7 Å². The molecule has 1 aliphatic rings. The number of hydrogen-bond acceptors (Lipinski definition) is 7. The Hall–Kier alpha value is -3.06. The van der Waals surface area contributed by atoms with Crippen LogP contribution in [0, 0.1) is 0 Å². The average molecular weight is 356 g/mol. The number of nitrogens with zero attached hydrogens (tertiary/aromatic N) is 3. The lowest BCUT2D eigenvalue weighted by molar-refractivity contribution is 0.171. The van der Waals surface area contributed by atoms with Crippen molar-refractivity contribution in [1.82, 2.24) is 15.2 Å². The standard InChI is InChI=1S/C17H14ClN5O2/c18-11-2-1-3-12(8-11)20-16-10-19-23-17(22-16)21-13-4-5-14-15(9-13)25-7-6-24-14/h1-5,8-10H,6-7H2,(H2,20,21,22,23). The Bertz CT molecular complexity index is 906. The van der Waals surface area contributed by atoms with Crippen LogP contribution in [-0.2, 0) is 0 Å². The van der Waals surface area contributed by atoms with E-state index in [4.69, 9.17) is 21.1 Å². The third-order valence-corrected chi connectivity index (χ3v) is 3.69. The lowest BCUT2D eigenvalue weighted by atomic mass is 10.2. The minimum atomic E-state index is 0.365. The summed E-state index contributed by atoms with van der Waals surface area (Å²) in [4.78, 5) is 4.39. The van der Waals surface area contributed by atoms with Crippen molar-refractivity contribution < 1.29 is 9.47 Å². The van der Waals surface area contributed by atoms with E-state index in [1.54, 1.807) is 12.1 Å². The fraction of sp³-hybridized carbons (Fsp3) is 0.118. The summed E-state index contributed by atoms with van der Waals surface area (Å²) in [6.45, 7) is 1.09. The zero-order chi connectivity index (χ0) is 17.1. The number of ether oxygens (including phenoxy) is 2. The first-order valence-electron chi connectivity index (χ1n) is 7.65. The highest BCUT2D eigenvalue weighted by atomic mass is 35.5. The van der Waals surface area contributed by atoms with Crippen LogP contribution in [0.5, 0.6) is 11.5 Å². The highest BCUT2D eigenvalue weighted by Gasteiger charge is 2.12. The lowest BCUT2D eigenvalue weighted by Gasteiger charge is -2.19. The lowest BCUT2D eigenvalue weighted by Crippen LogP contribution is -2.15. The molecule has 8 heteroatoms. The van der Waals surface area contributed by atoms with Crippen molar-refractivity contribution in [3.8, 4) is 11.5 Å². The maximum absolute atomic E-state index is 5.98. The van der Waals surface area contributed by atoms with E-state index in [1.165, 1.54) is 6.20 Å². The number of aromatic nitrogens is 3. The highest BCUT2D eigenvalue weighted by Crippen LogP contribution is 2.33. The third-order valence-electron chi connectivity index (χ3n) is 3.45. The summed E-state index contributed by atoms with van der Waals surface area (Å²) in [7, 11) is 0. The van der Waals surface area contributed by atoms with E-state index < -0.39 is 0 Å². The van der Waals surface area contributed by atoms with Gasteiger partial charge in [-0.05, 0) is 30.3 Å². The summed E-state index contributed by atoms with van der Waals surface area (Å²) < 4.78 is 11.1. The molecule has 1 aliphatic heterocycles. The average Bonchev–Trinajstić information content (AvgIpc) is 2.62. The molecule has 0 amide bonds. The number of benzene rings is 2. The second-order valence-corrected chi connectivity index (χ2v) is 5.72. The molecule has 0 saturated carbocycles. The minimum absolute atomic E-state index is 0.365. The van der Waals surface area contributed by atoms with Crippen LogP contribution in [0.15, 0.2) is 48.7 Å². The molecule has 4 rings (SSSR count). The van der Waals surface area contributed by atoms with Gasteiger partial charge >= 0.3 is 0 Å². The SMILES string of the molecule is Clc1cccc(Nc2cnnc(Nc3ccc4c(c3)OCCO4)n2)c1. The number of anilines is 4. The molecule has 0 bridgehead atoms. The van der Waals surface area contributed by atoms with Gasteiger partial charge in [0.2, 0.25) is 5.95 Å². The van der Waals surface area contributed by atoms with E-state index in [2.05, 4.69) is 25.8 Å². The fourth-order valence-corrected chi connectivity index (χ4v) is 2.57. The minimum Gasteiger partial charge on any atom is -0.486 e. The molecule has 7 nitrogen and oxygen atoms in total. The summed E-state index contributed by atoms with van der Waals surface area (Å²) in [5.74, 6) is 2.34. The maximum atomic E-state index is 5.98.